The zero-order valence-electron chi connectivity index (χ0n) is 16.6. The van der Waals surface area contributed by atoms with Crippen LogP contribution in [0.4, 0.5) is 5.69 Å². The highest BCUT2D eigenvalue weighted by molar-refractivity contribution is 7.92. The number of Topliss-reactive ketones (excluding diaryl/α,β-unsaturated/α-hetero) is 1. The molecule has 7 heteroatoms. The minimum absolute atomic E-state index is 0.00476. The lowest BCUT2D eigenvalue weighted by Gasteiger charge is -2.19. The molecule has 0 bridgehead atoms. The van der Waals surface area contributed by atoms with E-state index in [1.54, 1.807) is 61.5 Å². The lowest BCUT2D eigenvalue weighted by Crippen LogP contribution is -2.26. The Morgan fingerprint density at radius 2 is 1.40 bits per heavy atom. The molecule has 0 saturated carbocycles. The highest BCUT2D eigenvalue weighted by atomic mass is 32.2. The van der Waals surface area contributed by atoms with Crippen LogP contribution in [-0.2, 0) is 10.0 Å². The molecule has 0 fully saturated rings. The highest BCUT2D eigenvalue weighted by Gasteiger charge is 2.21. The number of rotatable bonds is 7. The number of ketones is 1. The van der Waals surface area contributed by atoms with Gasteiger partial charge in [-0.2, -0.15) is 0 Å². The van der Waals surface area contributed by atoms with Gasteiger partial charge in [-0.25, -0.2) is 13.2 Å². The summed E-state index contributed by atoms with van der Waals surface area (Å²) in [5.74, 6) is -0.316. The fraction of sp³-hybridized carbons (Fsp3) is 0.130. The van der Waals surface area contributed by atoms with Crippen molar-refractivity contribution in [1.82, 2.24) is 0 Å². The van der Waals surface area contributed by atoms with Crippen molar-refractivity contribution in [3.63, 3.8) is 0 Å². The van der Waals surface area contributed by atoms with Gasteiger partial charge in [0.2, 0.25) is 0 Å². The van der Waals surface area contributed by atoms with E-state index in [9.17, 15) is 18.0 Å². The van der Waals surface area contributed by atoms with Gasteiger partial charge in [0.1, 0.15) is 5.75 Å². The Balaban J connectivity index is 1.73. The van der Waals surface area contributed by atoms with E-state index in [-0.39, 0.29) is 16.2 Å². The third-order valence-corrected chi connectivity index (χ3v) is 6.38. The summed E-state index contributed by atoms with van der Waals surface area (Å²) in [4.78, 5) is 24.1. The monoisotopic (exact) mass is 423 g/mol. The zero-order valence-corrected chi connectivity index (χ0v) is 17.4. The van der Waals surface area contributed by atoms with Crippen LogP contribution < -0.4 is 9.04 Å². The lowest BCUT2D eigenvalue weighted by atomic mass is 10.1. The van der Waals surface area contributed by atoms with Crippen LogP contribution in [0, 0.1) is 0 Å². The van der Waals surface area contributed by atoms with Crippen LogP contribution in [0.1, 0.15) is 34.1 Å². The van der Waals surface area contributed by atoms with E-state index in [0.29, 0.717) is 23.4 Å². The molecule has 30 heavy (non-hydrogen) atoms. The van der Waals surface area contributed by atoms with E-state index >= 15 is 0 Å². The van der Waals surface area contributed by atoms with Gasteiger partial charge in [-0.05, 0) is 60.7 Å². The predicted molar refractivity (Wildman–Crippen MR) is 114 cm³/mol. The first-order valence-corrected chi connectivity index (χ1v) is 10.8. The van der Waals surface area contributed by atoms with Crippen LogP contribution in [0.15, 0.2) is 83.8 Å². The Morgan fingerprint density at radius 1 is 0.833 bits per heavy atom. The van der Waals surface area contributed by atoms with Crippen molar-refractivity contribution in [2.24, 2.45) is 0 Å². The van der Waals surface area contributed by atoms with Crippen molar-refractivity contribution < 1.29 is 22.7 Å². The van der Waals surface area contributed by atoms with Gasteiger partial charge >= 0.3 is 5.97 Å². The summed E-state index contributed by atoms with van der Waals surface area (Å²) in [5, 5.41) is 0. The quantitative estimate of drug-likeness (QED) is 0.321. The number of benzene rings is 3. The molecule has 0 radical (unpaired) electrons. The van der Waals surface area contributed by atoms with Crippen LogP contribution in [0.3, 0.4) is 0 Å². The number of sulfonamides is 1. The average molecular weight is 423 g/mol. The van der Waals surface area contributed by atoms with E-state index in [1.165, 1.54) is 35.6 Å². The number of carbonyl (C=O) groups excluding carboxylic acids is 2. The number of ether oxygens (including phenoxy) is 1. The van der Waals surface area contributed by atoms with Gasteiger partial charge < -0.3 is 4.74 Å². The standard InChI is InChI=1S/C23H21NO5S/c1-3-22(25)17-9-13-20(14-10-17)29-23(26)18-11-15-21(16-12-18)30(27,28)24(2)19-7-5-4-6-8-19/h4-16H,3H2,1-2H3. The van der Waals surface area contributed by atoms with Crippen molar-refractivity contribution in [2.75, 3.05) is 11.4 Å². The second-order valence-corrected chi connectivity index (χ2v) is 8.49. The summed E-state index contributed by atoms with van der Waals surface area (Å²) < 4.78 is 32.1. The summed E-state index contributed by atoms with van der Waals surface area (Å²) in [6, 6.07) is 20.6. The Labute approximate surface area is 175 Å². The predicted octanol–water partition coefficient (Wildman–Crippen LogP) is 4.32. The number of para-hydroxylation sites is 1. The van der Waals surface area contributed by atoms with Gasteiger partial charge in [-0.3, -0.25) is 9.10 Å². The second-order valence-electron chi connectivity index (χ2n) is 6.52. The number of esters is 1. The summed E-state index contributed by atoms with van der Waals surface area (Å²) in [6.45, 7) is 1.78. The Kier molecular flexibility index (Phi) is 6.32. The van der Waals surface area contributed by atoms with E-state index in [4.69, 9.17) is 4.74 Å². The van der Waals surface area contributed by atoms with Crippen LogP contribution in [0.25, 0.3) is 0 Å². The van der Waals surface area contributed by atoms with Gasteiger partial charge in [0, 0.05) is 19.0 Å². The first-order chi connectivity index (χ1) is 14.3. The minimum Gasteiger partial charge on any atom is -0.423 e. The molecule has 6 nitrogen and oxygen atoms in total. The maximum Gasteiger partial charge on any atom is 0.343 e. The van der Waals surface area contributed by atoms with Crippen molar-refractivity contribution in [1.29, 1.82) is 0 Å². The SMILES string of the molecule is CCC(=O)c1ccc(OC(=O)c2ccc(S(=O)(=O)N(C)c3ccccc3)cc2)cc1. The van der Waals surface area contributed by atoms with Crippen molar-refractivity contribution in [3.05, 3.63) is 90.0 Å². The van der Waals surface area contributed by atoms with Crippen LogP contribution in [0.2, 0.25) is 0 Å². The molecule has 0 saturated heterocycles. The van der Waals surface area contributed by atoms with Crippen molar-refractivity contribution in [2.45, 2.75) is 18.2 Å². The van der Waals surface area contributed by atoms with Crippen molar-refractivity contribution in [3.8, 4) is 5.75 Å². The zero-order chi connectivity index (χ0) is 21.7. The van der Waals surface area contributed by atoms with E-state index < -0.39 is 16.0 Å². The lowest BCUT2D eigenvalue weighted by molar-refractivity contribution is 0.0734. The van der Waals surface area contributed by atoms with E-state index in [1.807, 2.05) is 0 Å². The van der Waals surface area contributed by atoms with Gasteiger partial charge in [0.05, 0.1) is 16.1 Å². The van der Waals surface area contributed by atoms with Gasteiger partial charge in [-0.15, -0.1) is 0 Å². The minimum atomic E-state index is -3.76. The Hall–Kier alpha value is -3.45. The molecule has 0 aromatic heterocycles. The molecule has 0 spiro atoms. The molecule has 3 aromatic carbocycles. The van der Waals surface area contributed by atoms with Crippen LogP contribution >= 0.6 is 0 Å². The largest absolute Gasteiger partial charge is 0.423 e. The molecule has 0 amide bonds. The van der Waals surface area contributed by atoms with E-state index in [0.717, 1.165) is 0 Å². The average Bonchev–Trinajstić information content (AvgIpc) is 2.79. The Morgan fingerprint density at radius 3 is 1.97 bits per heavy atom. The third kappa shape index (κ3) is 4.58. The van der Waals surface area contributed by atoms with Crippen LogP contribution in [-0.4, -0.2) is 27.2 Å². The molecule has 0 aliphatic rings. The summed E-state index contributed by atoms with van der Waals surface area (Å²) in [7, 11) is -2.29. The van der Waals surface area contributed by atoms with Crippen LogP contribution in [0.5, 0.6) is 5.75 Å². The van der Waals surface area contributed by atoms with Gasteiger partial charge in [0.15, 0.2) is 5.78 Å². The first-order valence-electron chi connectivity index (χ1n) is 9.32. The third-order valence-electron chi connectivity index (χ3n) is 4.58. The molecule has 3 aromatic rings. The van der Waals surface area contributed by atoms with E-state index in [2.05, 4.69) is 0 Å². The molecule has 0 atom stereocenters. The molecule has 3 rings (SSSR count). The topological polar surface area (TPSA) is 80.8 Å². The number of carbonyl (C=O) groups is 2. The molecular weight excluding hydrogens is 402 g/mol. The summed E-state index contributed by atoms with van der Waals surface area (Å²) in [6.07, 6.45) is 0.397. The number of nitrogens with zero attached hydrogens (tertiary/aromatic N) is 1. The Bertz CT molecular complexity index is 1140. The molecular formula is C23H21NO5S. The first kappa shape index (κ1) is 21.3. The fourth-order valence-electron chi connectivity index (χ4n) is 2.78. The molecule has 0 aliphatic carbocycles. The number of hydrogen-bond donors (Lipinski definition) is 0. The molecule has 0 unspecified atom stereocenters. The maximum absolute atomic E-state index is 12.8. The molecule has 0 aliphatic heterocycles. The molecule has 0 heterocycles. The smallest absolute Gasteiger partial charge is 0.343 e. The van der Waals surface area contributed by atoms with Crippen molar-refractivity contribution >= 4 is 27.5 Å². The number of anilines is 1. The molecule has 154 valence electrons. The molecule has 0 N–H and O–H groups in total. The normalized spacial score (nSPS) is 11.0. The summed E-state index contributed by atoms with van der Waals surface area (Å²) in [5.41, 5.74) is 1.30. The van der Waals surface area contributed by atoms with Gasteiger partial charge in [-0.1, -0.05) is 25.1 Å². The maximum atomic E-state index is 12.8. The summed E-state index contributed by atoms with van der Waals surface area (Å²) >= 11 is 0. The second kappa shape index (κ2) is 8.92. The highest BCUT2D eigenvalue weighted by Crippen LogP contribution is 2.22. The van der Waals surface area contributed by atoms with Gasteiger partial charge in [0.25, 0.3) is 10.0 Å². The fourth-order valence-corrected chi connectivity index (χ4v) is 3.97. The number of hydrogen-bond acceptors (Lipinski definition) is 5.